The first-order chi connectivity index (χ1) is 9.41. The standard InChI is InChI=1S/C13H9NO6/c15-6-2-1-4-3-5-8(14-7(4)10(6)17)11(18)13(20)12(19)9(5)16/h1-3,12,15,17-20H. The summed E-state index contributed by atoms with van der Waals surface area (Å²) in [7, 11) is 0. The van der Waals surface area contributed by atoms with Gasteiger partial charge in [0.25, 0.3) is 0 Å². The smallest absolute Gasteiger partial charge is 0.201 e. The summed E-state index contributed by atoms with van der Waals surface area (Å²) < 4.78 is 0. The molecule has 1 heterocycles. The van der Waals surface area contributed by atoms with Crippen molar-refractivity contribution in [2.24, 2.45) is 0 Å². The lowest BCUT2D eigenvalue weighted by Gasteiger charge is -2.19. The molecule has 1 aromatic carbocycles. The summed E-state index contributed by atoms with van der Waals surface area (Å²) in [5.41, 5.74) is -0.371. The molecule has 0 amide bonds. The number of phenolic OH excluding ortho intramolecular Hbond substituents is 2. The summed E-state index contributed by atoms with van der Waals surface area (Å²) in [4.78, 5) is 15.7. The molecule has 1 aliphatic rings. The summed E-state index contributed by atoms with van der Waals surface area (Å²) in [6.45, 7) is 0. The van der Waals surface area contributed by atoms with Gasteiger partial charge in [-0.2, -0.15) is 0 Å². The van der Waals surface area contributed by atoms with Crippen molar-refractivity contribution in [3.63, 3.8) is 0 Å². The number of carbonyl (C=O) groups is 1. The third kappa shape index (κ3) is 1.44. The maximum atomic E-state index is 11.9. The van der Waals surface area contributed by atoms with Crippen LogP contribution in [0.4, 0.5) is 0 Å². The van der Waals surface area contributed by atoms with Gasteiger partial charge in [0.05, 0.1) is 5.56 Å². The van der Waals surface area contributed by atoms with E-state index >= 15 is 0 Å². The largest absolute Gasteiger partial charge is 0.506 e. The highest BCUT2D eigenvalue weighted by Gasteiger charge is 2.34. The Hall–Kier alpha value is -2.80. The molecule has 0 saturated heterocycles. The van der Waals surface area contributed by atoms with Crippen LogP contribution in [0.15, 0.2) is 24.0 Å². The molecule has 0 bridgehead atoms. The lowest BCUT2D eigenvalue weighted by molar-refractivity contribution is 0.0716. The molecule has 2 aromatic rings. The number of Topliss-reactive ketones (excluding diaryl/α,β-unsaturated/α-hetero) is 1. The predicted molar refractivity (Wildman–Crippen MR) is 67.6 cm³/mol. The number of ketones is 1. The maximum absolute atomic E-state index is 11.9. The number of rotatable bonds is 0. The van der Waals surface area contributed by atoms with Crippen molar-refractivity contribution in [2.75, 3.05) is 0 Å². The fourth-order valence-corrected chi connectivity index (χ4v) is 2.11. The molecule has 3 rings (SSSR count). The number of phenols is 2. The molecule has 1 aliphatic carbocycles. The Labute approximate surface area is 111 Å². The summed E-state index contributed by atoms with van der Waals surface area (Å²) in [6, 6.07) is 3.96. The van der Waals surface area contributed by atoms with Crippen molar-refractivity contribution in [1.82, 2.24) is 4.98 Å². The SMILES string of the molecule is O=C1c2cc3ccc(O)c(O)c3nc2C(O)=C(O)C1O. The third-order valence-corrected chi connectivity index (χ3v) is 3.18. The van der Waals surface area contributed by atoms with Crippen LogP contribution in [-0.2, 0) is 0 Å². The Kier molecular flexibility index (Phi) is 2.35. The Morgan fingerprint density at radius 1 is 1.10 bits per heavy atom. The van der Waals surface area contributed by atoms with E-state index in [1.165, 1.54) is 18.2 Å². The maximum Gasteiger partial charge on any atom is 0.201 e. The summed E-state index contributed by atoms with van der Waals surface area (Å²) in [5, 5.41) is 48.2. The second-order valence-corrected chi connectivity index (χ2v) is 4.39. The lowest BCUT2D eigenvalue weighted by Crippen LogP contribution is -2.29. The summed E-state index contributed by atoms with van der Waals surface area (Å²) in [5.74, 6) is -3.35. The number of fused-ring (bicyclic) bond motifs is 2. The van der Waals surface area contributed by atoms with Crippen molar-refractivity contribution >= 4 is 22.4 Å². The van der Waals surface area contributed by atoms with Crippen LogP contribution in [0.2, 0.25) is 0 Å². The van der Waals surface area contributed by atoms with E-state index in [-0.39, 0.29) is 16.8 Å². The van der Waals surface area contributed by atoms with Crippen molar-refractivity contribution in [3.05, 3.63) is 35.2 Å². The average Bonchev–Trinajstić information content (AvgIpc) is 2.45. The highest BCUT2D eigenvalue weighted by Crippen LogP contribution is 2.36. The second kappa shape index (κ2) is 3.84. The first-order valence-corrected chi connectivity index (χ1v) is 5.62. The van der Waals surface area contributed by atoms with Crippen LogP contribution in [0.25, 0.3) is 16.7 Å². The van der Waals surface area contributed by atoms with Crippen molar-refractivity contribution < 1.29 is 30.3 Å². The number of pyridine rings is 1. The summed E-state index contributed by atoms with van der Waals surface area (Å²) >= 11 is 0. The minimum Gasteiger partial charge on any atom is -0.506 e. The van der Waals surface area contributed by atoms with Gasteiger partial charge in [0.15, 0.2) is 29.1 Å². The second-order valence-electron chi connectivity index (χ2n) is 4.39. The molecule has 5 N–H and O–H groups in total. The van der Waals surface area contributed by atoms with Crippen molar-refractivity contribution in [1.29, 1.82) is 0 Å². The average molecular weight is 275 g/mol. The van der Waals surface area contributed by atoms with Crippen LogP contribution in [0.5, 0.6) is 11.5 Å². The molecule has 1 aromatic heterocycles. The van der Waals surface area contributed by atoms with Gasteiger partial charge in [0, 0.05) is 5.39 Å². The minimum atomic E-state index is -1.84. The van der Waals surface area contributed by atoms with E-state index in [1.54, 1.807) is 0 Å². The Bertz CT molecular complexity index is 795. The lowest BCUT2D eigenvalue weighted by atomic mass is 9.94. The molecular weight excluding hydrogens is 266 g/mol. The number of benzene rings is 1. The van der Waals surface area contributed by atoms with Crippen molar-refractivity contribution in [2.45, 2.75) is 6.10 Å². The monoisotopic (exact) mass is 275 g/mol. The molecule has 0 radical (unpaired) electrons. The highest BCUT2D eigenvalue weighted by atomic mass is 16.3. The number of hydrogen-bond donors (Lipinski definition) is 5. The van der Waals surface area contributed by atoms with Gasteiger partial charge >= 0.3 is 0 Å². The number of aromatic nitrogens is 1. The van der Waals surface area contributed by atoms with Gasteiger partial charge in [-0.25, -0.2) is 4.98 Å². The Morgan fingerprint density at radius 3 is 2.50 bits per heavy atom. The molecule has 0 fully saturated rings. The summed E-state index contributed by atoms with van der Waals surface area (Å²) in [6.07, 6.45) is -1.84. The molecule has 102 valence electrons. The van der Waals surface area contributed by atoms with Crippen molar-refractivity contribution in [3.8, 4) is 11.5 Å². The van der Waals surface area contributed by atoms with Gasteiger partial charge in [-0.05, 0) is 18.2 Å². The van der Waals surface area contributed by atoms with E-state index < -0.39 is 34.9 Å². The molecule has 7 nitrogen and oxygen atoms in total. The van der Waals surface area contributed by atoms with E-state index in [1.807, 2.05) is 0 Å². The van der Waals surface area contributed by atoms with E-state index in [0.29, 0.717) is 5.39 Å². The quantitative estimate of drug-likeness (QED) is 0.453. The van der Waals surface area contributed by atoms with Gasteiger partial charge in [-0.3, -0.25) is 4.79 Å². The molecule has 1 atom stereocenters. The molecule has 1 unspecified atom stereocenters. The van der Waals surface area contributed by atoms with E-state index in [2.05, 4.69) is 4.98 Å². The molecule has 0 spiro atoms. The number of nitrogens with zero attached hydrogens (tertiary/aromatic N) is 1. The zero-order valence-electron chi connectivity index (χ0n) is 9.90. The zero-order valence-corrected chi connectivity index (χ0v) is 9.90. The van der Waals surface area contributed by atoms with Crippen LogP contribution in [0.3, 0.4) is 0 Å². The van der Waals surface area contributed by atoms with E-state index in [9.17, 15) is 30.3 Å². The predicted octanol–water partition coefficient (Wildman–Crippen LogP) is 0.988. The van der Waals surface area contributed by atoms with Crippen LogP contribution >= 0.6 is 0 Å². The molecule has 0 saturated carbocycles. The van der Waals surface area contributed by atoms with E-state index in [4.69, 9.17) is 0 Å². The number of hydrogen-bond acceptors (Lipinski definition) is 7. The normalized spacial score (nSPS) is 18.4. The molecular formula is C13H9NO6. The Morgan fingerprint density at radius 2 is 1.80 bits per heavy atom. The fraction of sp³-hybridized carbons (Fsp3) is 0.0769. The van der Waals surface area contributed by atoms with Gasteiger partial charge < -0.3 is 25.5 Å². The topological polar surface area (TPSA) is 131 Å². The third-order valence-electron chi connectivity index (χ3n) is 3.18. The number of aliphatic hydroxyl groups excluding tert-OH is 3. The van der Waals surface area contributed by atoms with Gasteiger partial charge in [0.2, 0.25) is 5.78 Å². The van der Waals surface area contributed by atoms with Gasteiger partial charge in [-0.15, -0.1) is 0 Å². The molecule has 20 heavy (non-hydrogen) atoms. The van der Waals surface area contributed by atoms with Crippen LogP contribution in [0, 0.1) is 0 Å². The van der Waals surface area contributed by atoms with Crippen LogP contribution < -0.4 is 0 Å². The Balaban J connectivity index is 2.42. The highest BCUT2D eigenvalue weighted by molar-refractivity contribution is 6.09. The number of carbonyl (C=O) groups excluding carboxylic acids is 1. The minimum absolute atomic E-state index is 0.0349. The zero-order chi connectivity index (χ0) is 14.6. The van der Waals surface area contributed by atoms with Gasteiger partial charge in [-0.1, -0.05) is 0 Å². The molecule has 7 heteroatoms. The first-order valence-electron chi connectivity index (χ1n) is 5.62. The van der Waals surface area contributed by atoms with Crippen LogP contribution in [-0.4, -0.2) is 42.4 Å². The van der Waals surface area contributed by atoms with Crippen LogP contribution in [0.1, 0.15) is 16.1 Å². The molecule has 0 aliphatic heterocycles. The number of aliphatic hydroxyl groups is 3. The van der Waals surface area contributed by atoms with E-state index in [0.717, 1.165) is 0 Å². The van der Waals surface area contributed by atoms with Gasteiger partial charge in [0.1, 0.15) is 11.2 Å². The first kappa shape index (κ1) is 12.2. The number of aromatic hydroxyl groups is 2. The fourth-order valence-electron chi connectivity index (χ4n) is 2.11.